The normalized spacial score (nSPS) is 14.2. The number of para-hydroxylation sites is 1. The van der Waals surface area contributed by atoms with Gasteiger partial charge in [-0.05, 0) is 99.3 Å². The molecule has 0 bridgehead atoms. The van der Waals surface area contributed by atoms with E-state index in [4.69, 9.17) is 19.4 Å². The van der Waals surface area contributed by atoms with Crippen molar-refractivity contribution in [3.63, 3.8) is 0 Å². The Morgan fingerprint density at radius 1 is 0.593 bits per heavy atom. The molecule has 0 N–H and O–H groups in total. The molecule has 4 nitrogen and oxygen atoms in total. The minimum Gasteiger partial charge on any atom is -0.460 e. The fraction of sp³-hybridized carbons (Fsp3) is 0.100. The average molecular weight is 696 g/mol. The largest absolute Gasteiger partial charge is 0.460 e. The standard InChI is InChI=1S/C50H37N3O/c1-2-3-4-11-32-13-9-14-34-24-28-38(30-43(32)34)49-51-48(52-50(53-49)39-29-25-36-21-20-33-12-5-6-15-40(33)44(36)31-39)37-26-22-35(23-27-37)41-17-10-19-46-47(41)42-16-7-8-18-45(42)54-46/h2-9,11-18,20-23,25-27,29-31H,10,19,24,28H2,1H3/b3-2-,11-4-. The molecular weight excluding hydrogens is 659 g/mol. The van der Waals surface area contributed by atoms with E-state index in [2.05, 4.69) is 146 Å². The molecule has 0 atom stereocenters. The molecule has 8 aromatic rings. The smallest absolute Gasteiger partial charge is 0.164 e. The number of aromatic nitrogens is 3. The summed E-state index contributed by atoms with van der Waals surface area (Å²) >= 11 is 0. The van der Waals surface area contributed by atoms with E-state index in [0.717, 1.165) is 65.1 Å². The third-order valence-electron chi connectivity index (χ3n) is 10.8. The number of aryl methyl sites for hydroxylation is 2. The van der Waals surface area contributed by atoms with Crippen molar-refractivity contribution < 1.29 is 4.42 Å². The van der Waals surface area contributed by atoms with Gasteiger partial charge in [0.1, 0.15) is 11.3 Å². The summed E-state index contributed by atoms with van der Waals surface area (Å²) in [6.45, 7) is 2.04. The second kappa shape index (κ2) is 13.4. The van der Waals surface area contributed by atoms with Crippen LogP contribution in [0.4, 0.5) is 0 Å². The molecule has 258 valence electrons. The number of nitrogens with zero attached hydrogens (tertiary/aromatic N) is 3. The molecule has 0 saturated carbocycles. The highest BCUT2D eigenvalue weighted by atomic mass is 16.3. The molecule has 0 saturated heterocycles. The van der Waals surface area contributed by atoms with Crippen LogP contribution < -0.4 is 0 Å². The van der Waals surface area contributed by atoms with Crippen molar-refractivity contribution in [2.75, 3.05) is 0 Å². The summed E-state index contributed by atoms with van der Waals surface area (Å²) in [6.07, 6.45) is 16.7. The van der Waals surface area contributed by atoms with Crippen LogP contribution in [0, 0.1) is 0 Å². The van der Waals surface area contributed by atoms with E-state index in [9.17, 15) is 0 Å². The molecule has 10 rings (SSSR count). The van der Waals surface area contributed by atoms with Gasteiger partial charge in [-0.25, -0.2) is 15.0 Å². The maximum Gasteiger partial charge on any atom is 0.164 e. The summed E-state index contributed by atoms with van der Waals surface area (Å²) in [5, 5.41) is 5.98. The monoisotopic (exact) mass is 695 g/mol. The lowest BCUT2D eigenvalue weighted by atomic mass is 9.88. The number of rotatable bonds is 6. The van der Waals surface area contributed by atoms with Crippen molar-refractivity contribution in [2.24, 2.45) is 0 Å². The second-order valence-electron chi connectivity index (χ2n) is 14.1. The molecule has 0 aliphatic heterocycles. The summed E-state index contributed by atoms with van der Waals surface area (Å²) in [7, 11) is 0. The van der Waals surface area contributed by atoms with Crippen LogP contribution in [-0.2, 0) is 12.8 Å². The van der Waals surface area contributed by atoms with Crippen molar-refractivity contribution in [1.29, 1.82) is 0 Å². The van der Waals surface area contributed by atoms with E-state index in [0.29, 0.717) is 11.6 Å². The lowest BCUT2D eigenvalue weighted by molar-refractivity contribution is 0.545. The van der Waals surface area contributed by atoms with Crippen molar-refractivity contribution >= 4 is 55.8 Å². The van der Waals surface area contributed by atoms with Crippen LogP contribution in [0.3, 0.4) is 0 Å². The van der Waals surface area contributed by atoms with Crippen molar-refractivity contribution in [3.05, 3.63) is 185 Å². The summed E-state index contributed by atoms with van der Waals surface area (Å²) in [5.41, 5.74) is 11.4. The van der Waals surface area contributed by atoms with E-state index in [-0.39, 0.29) is 0 Å². The molecule has 0 radical (unpaired) electrons. The number of hydrogen-bond acceptors (Lipinski definition) is 4. The zero-order valence-electron chi connectivity index (χ0n) is 30.1. The van der Waals surface area contributed by atoms with Gasteiger partial charge in [-0.2, -0.15) is 0 Å². The van der Waals surface area contributed by atoms with Gasteiger partial charge in [0.2, 0.25) is 0 Å². The lowest BCUT2D eigenvalue weighted by Crippen LogP contribution is -2.07. The molecule has 2 heterocycles. The molecule has 0 unspecified atom stereocenters. The van der Waals surface area contributed by atoms with Crippen molar-refractivity contribution in [3.8, 4) is 22.8 Å². The molecule has 2 aromatic heterocycles. The average Bonchev–Trinajstić information content (AvgIpc) is 3.62. The third kappa shape index (κ3) is 5.68. The predicted octanol–water partition coefficient (Wildman–Crippen LogP) is 12.7. The summed E-state index contributed by atoms with van der Waals surface area (Å²) < 4.78 is 6.29. The maximum absolute atomic E-state index is 6.29. The van der Waals surface area contributed by atoms with Gasteiger partial charge >= 0.3 is 0 Å². The number of furan rings is 1. The van der Waals surface area contributed by atoms with Gasteiger partial charge < -0.3 is 4.42 Å². The molecule has 6 aromatic carbocycles. The minimum atomic E-state index is 0.666. The van der Waals surface area contributed by atoms with Crippen LogP contribution in [0.2, 0.25) is 0 Å². The molecule has 4 heteroatoms. The molecule has 0 amide bonds. The van der Waals surface area contributed by atoms with E-state index >= 15 is 0 Å². The number of allylic oxidation sites excluding steroid dienone is 5. The van der Waals surface area contributed by atoms with Gasteiger partial charge in [0.15, 0.2) is 17.5 Å². The van der Waals surface area contributed by atoms with Gasteiger partial charge in [-0.1, -0.05) is 140 Å². The molecular formula is C50H37N3O. The first-order valence-corrected chi connectivity index (χ1v) is 18.8. The van der Waals surface area contributed by atoms with Crippen LogP contribution in [0.25, 0.3) is 78.6 Å². The zero-order valence-corrected chi connectivity index (χ0v) is 30.1. The molecule has 0 spiro atoms. The van der Waals surface area contributed by atoms with Crippen molar-refractivity contribution in [1.82, 2.24) is 15.0 Å². The molecule has 2 aliphatic rings. The Morgan fingerprint density at radius 3 is 2.19 bits per heavy atom. The highest BCUT2D eigenvalue weighted by Crippen LogP contribution is 2.40. The molecule has 0 fully saturated rings. The van der Waals surface area contributed by atoms with E-state index in [1.807, 2.05) is 19.1 Å². The van der Waals surface area contributed by atoms with Crippen LogP contribution in [0.1, 0.15) is 59.2 Å². The van der Waals surface area contributed by atoms with Gasteiger partial charge in [0, 0.05) is 28.5 Å². The minimum absolute atomic E-state index is 0.666. The quantitative estimate of drug-likeness (QED) is 0.128. The first-order valence-electron chi connectivity index (χ1n) is 18.8. The Bertz CT molecular complexity index is 2890. The first-order chi connectivity index (χ1) is 26.7. The molecule has 54 heavy (non-hydrogen) atoms. The Hall–Kier alpha value is -6.65. The molecule has 2 aliphatic carbocycles. The Labute approximate surface area is 314 Å². The number of benzene rings is 6. The topological polar surface area (TPSA) is 51.8 Å². The summed E-state index contributed by atoms with van der Waals surface area (Å²) in [6, 6.07) is 43.1. The van der Waals surface area contributed by atoms with Crippen LogP contribution in [0.5, 0.6) is 0 Å². The Morgan fingerprint density at radius 2 is 1.31 bits per heavy atom. The third-order valence-corrected chi connectivity index (χ3v) is 10.8. The SMILES string of the molecule is C/C=C\C=C/c1cccc2c1C=C(c1nc(-c3ccc(C4=CCCc5oc6ccccc6c54)cc3)nc(-c3ccc4ccc5ccccc5c4c3)n1)CC2. The highest BCUT2D eigenvalue weighted by molar-refractivity contribution is 6.08. The van der Waals surface area contributed by atoms with Crippen LogP contribution >= 0.6 is 0 Å². The zero-order chi connectivity index (χ0) is 36.0. The maximum atomic E-state index is 6.29. The van der Waals surface area contributed by atoms with Gasteiger partial charge in [0.25, 0.3) is 0 Å². The fourth-order valence-electron chi connectivity index (χ4n) is 8.13. The lowest BCUT2D eigenvalue weighted by Gasteiger charge is -2.19. The fourth-order valence-corrected chi connectivity index (χ4v) is 8.13. The first kappa shape index (κ1) is 32.0. The summed E-state index contributed by atoms with van der Waals surface area (Å²) in [5.74, 6) is 3.13. The number of fused-ring (bicyclic) bond motifs is 7. The Kier molecular flexibility index (Phi) is 7.95. The van der Waals surface area contributed by atoms with E-state index in [1.165, 1.54) is 54.8 Å². The van der Waals surface area contributed by atoms with Crippen LogP contribution in [0.15, 0.2) is 150 Å². The van der Waals surface area contributed by atoms with E-state index < -0.39 is 0 Å². The highest BCUT2D eigenvalue weighted by Gasteiger charge is 2.23. The second-order valence-corrected chi connectivity index (χ2v) is 14.1. The van der Waals surface area contributed by atoms with Gasteiger partial charge in [-0.3, -0.25) is 0 Å². The van der Waals surface area contributed by atoms with Crippen LogP contribution in [-0.4, -0.2) is 15.0 Å². The van der Waals surface area contributed by atoms with Gasteiger partial charge in [0.05, 0.1) is 0 Å². The Balaban J connectivity index is 1.10. The van der Waals surface area contributed by atoms with E-state index in [1.54, 1.807) is 0 Å². The summed E-state index contributed by atoms with van der Waals surface area (Å²) in [4.78, 5) is 15.6. The van der Waals surface area contributed by atoms with Gasteiger partial charge in [-0.15, -0.1) is 0 Å². The number of hydrogen-bond donors (Lipinski definition) is 0. The van der Waals surface area contributed by atoms with Crippen molar-refractivity contribution in [2.45, 2.75) is 32.6 Å². The predicted molar refractivity (Wildman–Crippen MR) is 224 cm³/mol.